The fourth-order valence-electron chi connectivity index (χ4n) is 3.74. The van der Waals surface area contributed by atoms with Crippen LogP contribution in [0.3, 0.4) is 0 Å². The monoisotopic (exact) mass is 487 g/mol. The van der Waals surface area contributed by atoms with Crippen molar-refractivity contribution in [3.63, 3.8) is 0 Å². The smallest absolute Gasteiger partial charge is 0.408 e. The lowest BCUT2D eigenvalue weighted by Crippen LogP contribution is -2.48. The second-order valence-electron chi connectivity index (χ2n) is 9.29. The van der Waals surface area contributed by atoms with Crippen molar-refractivity contribution < 1.29 is 19.1 Å². The number of ether oxygens (including phenoxy) is 2. The molecule has 2 amide bonds. The van der Waals surface area contributed by atoms with Crippen LogP contribution in [-0.2, 0) is 16.0 Å². The van der Waals surface area contributed by atoms with Gasteiger partial charge in [-0.2, -0.15) is 5.10 Å². The van der Waals surface area contributed by atoms with Crippen molar-refractivity contribution in [3.8, 4) is 5.75 Å². The highest BCUT2D eigenvalue weighted by Crippen LogP contribution is 2.20. The molecule has 2 heterocycles. The minimum atomic E-state index is -0.909. The molecule has 0 spiro atoms. The van der Waals surface area contributed by atoms with Crippen LogP contribution in [-0.4, -0.2) is 46.9 Å². The van der Waals surface area contributed by atoms with E-state index < -0.39 is 23.6 Å². The number of hydrogen-bond acceptors (Lipinski definition) is 6. The molecule has 0 saturated carbocycles. The zero-order valence-corrected chi connectivity index (χ0v) is 20.7. The molecule has 186 valence electrons. The van der Waals surface area contributed by atoms with Gasteiger partial charge in [-0.1, -0.05) is 24.3 Å². The Balaban J connectivity index is 1.49. The number of alkyl carbamates (subject to hydrolysis) is 1. The van der Waals surface area contributed by atoms with Gasteiger partial charge in [0.2, 0.25) is 0 Å². The van der Waals surface area contributed by atoms with Crippen molar-refractivity contribution in [2.75, 3.05) is 7.11 Å². The summed E-state index contributed by atoms with van der Waals surface area (Å²) in [7, 11) is 1.61. The number of benzene rings is 2. The number of rotatable bonds is 7. The SMILES string of the molecule is COc1ccc2nc(/C=N/NC(=O)C(Cc3c[nH]c4ccccc34)NC(=O)OC(C)(C)C)ccc2c1. The predicted molar refractivity (Wildman–Crippen MR) is 139 cm³/mol. The van der Waals surface area contributed by atoms with Gasteiger partial charge < -0.3 is 19.8 Å². The van der Waals surface area contributed by atoms with E-state index in [9.17, 15) is 9.59 Å². The van der Waals surface area contributed by atoms with Crippen LogP contribution in [0.2, 0.25) is 0 Å². The van der Waals surface area contributed by atoms with Crippen LogP contribution < -0.4 is 15.5 Å². The summed E-state index contributed by atoms with van der Waals surface area (Å²) in [5.41, 5.74) is 4.99. The van der Waals surface area contributed by atoms with Gasteiger partial charge in [-0.15, -0.1) is 0 Å². The molecule has 2 aromatic heterocycles. The molecular formula is C27H29N5O4. The van der Waals surface area contributed by atoms with Crippen molar-refractivity contribution >= 4 is 40.0 Å². The number of pyridine rings is 1. The maximum Gasteiger partial charge on any atom is 0.408 e. The van der Waals surface area contributed by atoms with Crippen LogP contribution in [0.25, 0.3) is 21.8 Å². The average Bonchev–Trinajstić information content (AvgIpc) is 3.25. The van der Waals surface area contributed by atoms with E-state index in [1.165, 1.54) is 6.21 Å². The van der Waals surface area contributed by atoms with Gasteiger partial charge in [0.15, 0.2) is 0 Å². The maximum atomic E-state index is 13.0. The Morgan fingerprint density at radius 2 is 1.94 bits per heavy atom. The zero-order valence-electron chi connectivity index (χ0n) is 20.7. The summed E-state index contributed by atoms with van der Waals surface area (Å²) >= 11 is 0. The molecule has 3 N–H and O–H groups in total. The topological polar surface area (TPSA) is 118 Å². The number of hydrogen-bond donors (Lipinski definition) is 3. The highest BCUT2D eigenvalue weighted by molar-refractivity contribution is 5.90. The molecule has 2 aromatic carbocycles. The van der Waals surface area contributed by atoms with E-state index in [4.69, 9.17) is 9.47 Å². The van der Waals surface area contributed by atoms with Crippen LogP contribution in [0.15, 0.2) is 65.9 Å². The lowest BCUT2D eigenvalue weighted by Gasteiger charge is -2.22. The van der Waals surface area contributed by atoms with Gasteiger partial charge in [0, 0.05) is 28.9 Å². The second kappa shape index (κ2) is 10.5. The molecule has 0 radical (unpaired) electrons. The Kier molecular flexibility index (Phi) is 7.19. The molecule has 4 rings (SSSR count). The van der Waals surface area contributed by atoms with Gasteiger partial charge in [0.05, 0.1) is 24.5 Å². The number of carbonyl (C=O) groups excluding carboxylic acids is 2. The molecule has 1 atom stereocenters. The van der Waals surface area contributed by atoms with Crippen LogP contribution in [0.1, 0.15) is 32.0 Å². The molecule has 0 saturated heterocycles. The number of amides is 2. The normalized spacial score (nSPS) is 12.6. The van der Waals surface area contributed by atoms with Crippen molar-refractivity contribution in [3.05, 3.63) is 72.1 Å². The van der Waals surface area contributed by atoms with Crippen LogP contribution >= 0.6 is 0 Å². The number of para-hydroxylation sites is 1. The van der Waals surface area contributed by atoms with Crippen molar-refractivity contribution in [2.45, 2.75) is 38.8 Å². The quantitative estimate of drug-likeness (QED) is 0.265. The first-order valence-corrected chi connectivity index (χ1v) is 11.5. The molecular weight excluding hydrogens is 458 g/mol. The number of nitrogens with zero attached hydrogens (tertiary/aromatic N) is 2. The molecule has 36 heavy (non-hydrogen) atoms. The number of aromatic amines is 1. The third-order valence-corrected chi connectivity index (χ3v) is 5.40. The molecule has 1 unspecified atom stereocenters. The van der Waals surface area contributed by atoms with E-state index in [0.29, 0.717) is 5.69 Å². The van der Waals surface area contributed by atoms with E-state index in [2.05, 4.69) is 25.8 Å². The van der Waals surface area contributed by atoms with Crippen molar-refractivity contribution in [1.29, 1.82) is 0 Å². The van der Waals surface area contributed by atoms with Gasteiger partial charge in [-0.25, -0.2) is 15.2 Å². The van der Waals surface area contributed by atoms with Crippen LogP contribution in [0.4, 0.5) is 4.79 Å². The zero-order chi connectivity index (χ0) is 25.7. The summed E-state index contributed by atoms with van der Waals surface area (Å²) in [6, 6.07) is 16.1. The van der Waals surface area contributed by atoms with E-state index in [0.717, 1.165) is 33.1 Å². The third-order valence-electron chi connectivity index (χ3n) is 5.40. The van der Waals surface area contributed by atoms with Crippen molar-refractivity contribution in [1.82, 2.24) is 20.7 Å². The first-order valence-electron chi connectivity index (χ1n) is 11.5. The van der Waals surface area contributed by atoms with Gasteiger partial charge >= 0.3 is 6.09 Å². The number of hydrazone groups is 1. The Bertz CT molecular complexity index is 1420. The standard InChI is InChI=1S/C27H29N5O4/c1-27(2,3)36-26(34)31-24(14-18-15-28-23-8-6-5-7-21(18)23)25(33)32-29-16-19-10-9-17-13-20(35-4)11-12-22(17)30-19/h5-13,15-16,24,28H,14H2,1-4H3,(H,31,34)(H,32,33)/b29-16+. The number of aromatic nitrogens is 2. The minimum Gasteiger partial charge on any atom is -0.497 e. The lowest BCUT2D eigenvalue weighted by molar-refractivity contribution is -0.123. The van der Waals surface area contributed by atoms with Gasteiger partial charge in [0.1, 0.15) is 17.4 Å². The number of nitrogens with one attached hydrogen (secondary N) is 3. The largest absolute Gasteiger partial charge is 0.497 e. The fraction of sp³-hybridized carbons (Fsp3) is 0.259. The summed E-state index contributed by atoms with van der Waals surface area (Å²) in [4.78, 5) is 33.2. The Hall–Kier alpha value is -4.40. The van der Waals surface area contributed by atoms with Crippen LogP contribution in [0, 0.1) is 0 Å². The summed E-state index contributed by atoms with van der Waals surface area (Å²) in [6.45, 7) is 5.29. The summed E-state index contributed by atoms with van der Waals surface area (Å²) in [6.07, 6.45) is 2.86. The van der Waals surface area contributed by atoms with E-state index >= 15 is 0 Å². The van der Waals surface area contributed by atoms with E-state index in [-0.39, 0.29) is 6.42 Å². The number of fused-ring (bicyclic) bond motifs is 2. The number of H-pyrrole nitrogens is 1. The van der Waals surface area contributed by atoms with Gasteiger partial charge in [0.25, 0.3) is 5.91 Å². The van der Waals surface area contributed by atoms with Gasteiger partial charge in [-0.05, 0) is 56.7 Å². The second-order valence-corrected chi connectivity index (χ2v) is 9.29. The lowest BCUT2D eigenvalue weighted by atomic mass is 10.0. The molecule has 0 aliphatic rings. The predicted octanol–water partition coefficient (Wildman–Crippen LogP) is 4.31. The minimum absolute atomic E-state index is 0.251. The molecule has 9 nitrogen and oxygen atoms in total. The first kappa shape index (κ1) is 24.7. The number of carbonyl (C=O) groups is 2. The third kappa shape index (κ3) is 6.18. The fourth-order valence-corrected chi connectivity index (χ4v) is 3.74. The molecule has 0 aliphatic heterocycles. The summed E-state index contributed by atoms with van der Waals surface area (Å²) < 4.78 is 10.6. The summed E-state index contributed by atoms with van der Waals surface area (Å²) in [5.74, 6) is 0.268. The molecule has 4 aromatic rings. The van der Waals surface area contributed by atoms with E-state index in [1.54, 1.807) is 33.9 Å². The Labute approximate surface area is 208 Å². The van der Waals surface area contributed by atoms with Crippen LogP contribution in [0.5, 0.6) is 5.75 Å². The molecule has 0 aliphatic carbocycles. The van der Waals surface area contributed by atoms with Gasteiger partial charge in [-0.3, -0.25) is 4.79 Å². The number of methoxy groups -OCH3 is 1. The van der Waals surface area contributed by atoms with Crippen molar-refractivity contribution in [2.24, 2.45) is 5.10 Å². The van der Waals surface area contributed by atoms with E-state index in [1.807, 2.05) is 54.7 Å². The first-order chi connectivity index (χ1) is 17.2. The average molecular weight is 488 g/mol. The summed E-state index contributed by atoms with van der Waals surface area (Å²) in [5, 5.41) is 8.64. The highest BCUT2D eigenvalue weighted by atomic mass is 16.6. The molecule has 9 heteroatoms. The maximum absolute atomic E-state index is 13.0. The molecule has 0 fully saturated rings. The Morgan fingerprint density at radius 1 is 1.14 bits per heavy atom. The molecule has 0 bridgehead atoms. The Morgan fingerprint density at radius 3 is 2.72 bits per heavy atom. The highest BCUT2D eigenvalue weighted by Gasteiger charge is 2.25.